The zero-order valence-corrected chi connectivity index (χ0v) is 21.0. The molecule has 0 aliphatic carbocycles. The lowest BCUT2D eigenvalue weighted by molar-refractivity contribution is -0.121. The van der Waals surface area contributed by atoms with Gasteiger partial charge in [-0.05, 0) is 79.8 Å². The first kappa shape index (κ1) is 25.1. The van der Waals surface area contributed by atoms with Crippen molar-refractivity contribution in [3.63, 3.8) is 0 Å². The van der Waals surface area contributed by atoms with Crippen molar-refractivity contribution in [3.8, 4) is 17.2 Å². The minimum Gasteiger partial charge on any atom is -0.494 e. The van der Waals surface area contributed by atoms with E-state index in [-0.39, 0.29) is 25.0 Å². The highest BCUT2D eigenvalue weighted by Gasteiger charge is 2.25. The van der Waals surface area contributed by atoms with Gasteiger partial charge in [-0.25, -0.2) is 0 Å². The van der Waals surface area contributed by atoms with Crippen LogP contribution in [-0.2, 0) is 16.0 Å². The van der Waals surface area contributed by atoms with E-state index < -0.39 is 0 Å². The topological polar surface area (TPSA) is 77.1 Å². The number of carbonyl (C=O) groups excluding carboxylic acids is 2. The van der Waals surface area contributed by atoms with Gasteiger partial charge in [-0.2, -0.15) is 0 Å². The Balaban J connectivity index is 1.34. The third-order valence-corrected chi connectivity index (χ3v) is 6.23. The highest BCUT2D eigenvalue weighted by Crippen LogP contribution is 2.34. The van der Waals surface area contributed by atoms with Crippen LogP contribution in [0.3, 0.4) is 0 Å². The van der Waals surface area contributed by atoms with Crippen LogP contribution in [0.4, 0.5) is 11.4 Å². The highest BCUT2D eigenvalue weighted by atomic mass is 16.5. The molecule has 0 saturated heterocycles. The van der Waals surface area contributed by atoms with Crippen LogP contribution in [0, 0.1) is 13.8 Å². The second kappa shape index (κ2) is 11.6. The predicted molar refractivity (Wildman–Crippen MR) is 140 cm³/mol. The van der Waals surface area contributed by atoms with Crippen molar-refractivity contribution in [1.29, 1.82) is 0 Å². The summed E-state index contributed by atoms with van der Waals surface area (Å²) in [6.45, 7) is 6.92. The van der Waals surface area contributed by atoms with Crippen molar-refractivity contribution in [2.24, 2.45) is 0 Å². The van der Waals surface area contributed by atoms with E-state index in [0.717, 1.165) is 23.3 Å². The van der Waals surface area contributed by atoms with Gasteiger partial charge in [0.1, 0.15) is 17.2 Å². The summed E-state index contributed by atoms with van der Waals surface area (Å²) < 4.78 is 17.1. The molecule has 1 N–H and O–H groups in total. The lowest BCUT2D eigenvalue weighted by atomic mass is 10.1. The van der Waals surface area contributed by atoms with Gasteiger partial charge in [0.05, 0.1) is 12.3 Å². The average molecular weight is 489 g/mol. The quantitative estimate of drug-likeness (QED) is 0.403. The summed E-state index contributed by atoms with van der Waals surface area (Å²) in [6.07, 6.45) is 1.64. The molecule has 188 valence electrons. The zero-order valence-electron chi connectivity index (χ0n) is 21.0. The standard InChI is InChI=1S/C29H32N2O5/c1-4-22-9-12-24(13-10-22)34-16-6-15-31-25-17-23(11-14-27(25)36-19-29(31)33)30-28(32)18-35-26-8-5-7-20(2)21(26)3/h5,7-14,17H,4,6,15-16,18-19H2,1-3H3,(H,30,32). The molecule has 3 aromatic rings. The number of hydrogen-bond acceptors (Lipinski definition) is 5. The molecule has 0 spiro atoms. The zero-order chi connectivity index (χ0) is 25.5. The molecule has 0 saturated carbocycles. The Kier molecular flexibility index (Phi) is 8.10. The fourth-order valence-corrected chi connectivity index (χ4v) is 3.98. The minimum absolute atomic E-state index is 0.0122. The summed E-state index contributed by atoms with van der Waals surface area (Å²) in [5.41, 5.74) is 4.57. The molecule has 0 bridgehead atoms. The lowest BCUT2D eigenvalue weighted by Crippen LogP contribution is -2.39. The molecule has 7 heteroatoms. The molecule has 0 aromatic heterocycles. The second-order valence-corrected chi connectivity index (χ2v) is 8.75. The normalized spacial score (nSPS) is 12.5. The van der Waals surface area contributed by atoms with Gasteiger partial charge < -0.3 is 24.4 Å². The minimum atomic E-state index is -0.284. The number of carbonyl (C=O) groups is 2. The molecule has 0 unspecified atom stereocenters. The molecule has 1 aliphatic heterocycles. The van der Waals surface area contributed by atoms with Gasteiger partial charge in [0.15, 0.2) is 13.2 Å². The summed E-state index contributed by atoms with van der Waals surface area (Å²) in [5, 5.41) is 2.85. The van der Waals surface area contributed by atoms with Gasteiger partial charge in [0, 0.05) is 12.2 Å². The van der Waals surface area contributed by atoms with Crippen molar-refractivity contribution < 1.29 is 23.8 Å². The Morgan fingerprint density at radius 3 is 2.64 bits per heavy atom. The maximum absolute atomic E-state index is 12.6. The summed E-state index contributed by atoms with van der Waals surface area (Å²) in [6, 6.07) is 19.1. The van der Waals surface area contributed by atoms with Crippen LogP contribution in [0.2, 0.25) is 0 Å². The maximum atomic E-state index is 12.6. The first-order valence-corrected chi connectivity index (χ1v) is 12.2. The molecule has 1 heterocycles. The molecular weight excluding hydrogens is 456 g/mol. The number of ether oxygens (including phenoxy) is 3. The Morgan fingerprint density at radius 2 is 1.86 bits per heavy atom. The predicted octanol–water partition coefficient (Wildman–Crippen LogP) is 5.08. The molecule has 7 nitrogen and oxygen atoms in total. The largest absolute Gasteiger partial charge is 0.494 e. The monoisotopic (exact) mass is 488 g/mol. The highest BCUT2D eigenvalue weighted by molar-refractivity contribution is 5.99. The second-order valence-electron chi connectivity index (χ2n) is 8.75. The Morgan fingerprint density at radius 1 is 1.06 bits per heavy atom. The van der Waals surface area contributed by atoms with Gasteiger partial charge in [-0.15, -0.1) is 0 Å². The van der Waals surface area contributed by atoms with Crippen LogP contribution < -0.4 is 24.4 Å². The number of amides is 2. The van der Waals surface area contributed by atoms with Gasteiger partial charge in [-0.3, -0.25) is 9.59 Å². The number of nitrogens with zero attached hydrogens (tertiary/aromatic N) is 1. The number of benzene rings is 3. The van der Waals surface area contributed by atoms with Gasteiger partial charge >= 0.3 is 0 Å². The van der Waals surface area contributed by atoms with Crippen molar-refractivity contribution in [2.45, 2.75) is 33.6 Å². The molecule has 4 rings (SSSR count). The van der Waals surface area contributed by atoms with Crippen LogP contribution >= 0.6 is 0 Å². The fraction of sp³-hybridized carbons (Fsp3) is 0.310. The van der Waals surface area contributed by atoms with E-state index in [1.165, 1.54) is 5.56 Å². The van der Waals surface area contributed by atoms with E-state index in [1.54, 1.807) is 23.1 Å². The molecule has 3 aromatic carbocycles. The summed E-state index contributed by atoms with van der Waals surface area (Å²) >= 11 is 0. The van der Waals surface area contributed by atoms with Crippen molar-refractivity contribution in [2.75, 3.05) is 36.6 Å². The fourth-order valence-electron chi connectivity index (χ4n) is 3.98. The number of anilines is 2. The molecule has 1 aliphatic rings. The number of aryl methyl sites for hydroxylation is 2. The Labute approximate surface area is 212 Å². The van der Waals surface area contributed by atoms with E-state index in [0.29, 0.717) is 42.4 Å². The van der Waals surface area contributed by atoms with Crippen LogP contribution in [0.1, 0.15) is 30.0 Å². The Bertz CT molecular complexity index is 1220. The molecule has 2 amide bonds. The van der Waals surface area contributed by atoms with E-state index in [4.69, 9.17) is 14.2 Å². The van der Waals surface area contributed by atoms with Crippen LogP contribution in [0.5, 0.6) is 17.2 Å². The van der Waals surface area contributed by atoms with Gasteiger partial charge in [-0.1, -0.05) is 31.2 Å². The smallest absolute Gasteiger partial charge is 0.265 e. The third kappa shape index (κ3) is 6.16. The lowest BCUT2D eigenvalue weighted by Gasteiger charge is -2.30. The molecular formula is C29H32N2O5. The first-order valence-electron chi connectivity index (χ1n) is 12.2. The van der Waals surface area contributed by atoms with Crippen molar-refractivity contribution in [1.82, 2.24) is 0 Å². The Hall–Kier alpha value is -4.00. The first-order chi connectivity index (χ1) is 17.4. The maximum Gasteiger partial charge on any atom is 0.265 e. The molecule has 0 radical (unpaired) electrons. The van der Waals surface area contributed by atoms with E-state index in [1.807, 2.05) is 44.2 Å². The summed E-state index contributed by atoms with van der Waals surface area (Å²) in [4.78, 5) is 26.8. The average Bonchev–Trinajstić information content (AvgIpc) is 2.89. The number of rotatable bonds is 10. The summed E-state index contributed by atoms with van der Waals surface area (Å²) in [5.74, 6) is 1.69. The van der Waals surface area contributed by atoms with Crippen molar-refractivity contribution in [3.05, 3.63) is 77.4 Å². The number of hydrogen-bond donors (Lipinski definition) is 1. The van der Waals surface area contributed by atoms with Crippen LogP contribution in [0.15, 0.2) is 60.7 Å². The molecule has 0 atom stereocenters. The third-order valence-electron chi connectivity index (χ3n) is 6.23. The van der Waals surface area contributed by atoms with E-state index in [2.05, 4.69) is 24.4 Å². The van der Waals surface area contributed by atoms with Crippen LogP contribution in [0.25, 0.3) is 0 Å². The van der Waals surface area contributed by atoms with Crippen LogP contribution in [-0.4, -0.2) is 38.2 Å². The number of nitrogens with one attached hydrogen (secondary N) is 1. The SMILES string of the molecule is CCc1ccc(OCCCN2C(=O)COc3ccc(NC(=O)COc4cccc(C)c4C)cc32)cc1. The van der Waals surface area contributed by atoms with Gasteiger partial charge in [0.25, 0.3) is 11.8 Å². The molecule has 0 fully saturated rings. The summed E-state index contributed by atoms with van der Waals surface area (Å²) in [7, 11) is 0. The number of fused-ring (bicyclic) bond motifs is 1. The van der Waals surface area contributed by atoms with E-state index in [9.17, 15) is 9.59 Å². The van der Waals surface area contributed by atoms with Crippen molar-refractivity contribution >= 4 is 23.2 Å². The van der Waals surface area contributed by atoms with Gasteiger partial charge in [0.2, 0.25) is 0 Å². The van der Waals surface area contributed by atoms with E-state index >= 15 is 0 Å². The molecule has 36 heavy (non-hydrogen) atoms.